The van der Waals surface area contributed by atoms with E-state index in [0.717, 1.165) is 12.8 Å². The zero-order valence-corrected chi connectivity index (χ0v) is 10.5. The molecule has 0 aliphatic carbocycles. The zero-order valence-electron chi connectivity index (χ0n) is 10.5. The number of nitro groups is 1. The Balaban J connectivity index is 2.26. The zero-order chi connectivity index (χ0) is 13.8. The second kappa shape index (κ2) is 5.66. The van der Waals surface area contributed by atoms with Crippen molar-refractivity contribution >= 4 is 11.6 Å². The van der Waals surface area contributed by atoms with Crippen LogP contribution in [0.15, 0.2) is 18.2 Å². The maximum Gasteiger partial charge on any atom is 0.311 e. The number of hydrogen-bond acceptors (Lipinski definition) is 5. The number of nitro benzene ring substituents is 1. The van der Waals surface area contributed by atoms with Crippen LogP contribution in [0.4, 0.5) is 5.69 Å². The van der Waals surface area contributed by atoms with Gasteiger partial charge in [0.05, 0.1) is 18.6 Å². The molecule has 0 atom stereocenters. The van der Waals surface area contributed by atoms with Crippen LogP contribution in [-0.2, 0) is 4.84 Å². The SMILES string of the molecule is COc1ccc(C(=O)N2CCCCO2)cc1[N+](=O)[O-]. The van der Waals surface area contributed by atoms with Gasteiger partial charge < -0.3 is 4.74 Å². The molecule has 0 aromatic heterocycles. The van der Waals surface area contributed by atoms with Crippen LogP contribution in [0.1, 0.15) is 23.2 Å². The van der Waals surface area contributed by atoms with Crippen LogP contribution in [0, 0.1) is 10.1 Å². The molecule has 1 heterocycles. The first-order valence-corrected chi connectivity index (χ1v) is 5.90. The molecule has 7 nitrogen and oxygen atoms in total. The van der Waals surface area contributed by atoms with Gasteiger partial charge in [0.15, 0.2) is 5.75 Å². The Morgan fingerprint density at radius 1 is 1.47 bits per heavy atom. The largest absolute Gasteiger partial charge is 0.490 e. The first-order valence-electron chi connectivity index (χ1n) is 5.90. The highest BCUT2D eigenvalue weighted by molar-refractivity contribution is 5.94. The summed E-state index contributed by atoms with van der Waals surface area (Å²) in [5.74, 6) is -0.244. The number of ether oxygens (including phenoxy) is 1. The van der Waals surface area contributed by atoms with Gasteiger partial charge in [-0.15, -0.1) is 0 Å². The van der Waals surface area contributed by atoms with E-state index in [1.54, 1.807) is 0 Å². The van der Waals surface area contributed by atoms with Gasteiger partial charge in [-0.2, -0.15) is 0 Å². The maximum atomic E-state index is 12.1. The molecular weight excluding hydrogens is 252 g/mol. The Hall–Kier alpha value is -2.15. The van der Waals surface area contributed by atoms with Gasteiger partial charge in [0.2, 0.25) is 0 Å². The van der Waals surface area contributed by atoms with Crippen LogP contribution in [0.5, 0.6) is 5.75 Å². The fraction of sp³-hybridized carbons (Fsp3) is 0.417. The summed E-state index contributed by atoms with van der Waals surface area (Å²) in [6, 6.07) is 4.11. The second-order valence-electron chi connectivity index (χ2n) is 4.09. The van der Waals surface area contributed by atoms with E-state index in [2.05, 4.69) is 0 Å². The summed E-state index contributed by atoms with van der Waals surface area (Å²) in [5.41, 5.74) is -0.0141. The maximum absolute atomic E-state index is 12.1. The van der Waals surface area contributed by atoms with Gasteiger partial charge in [-0.25, -0.2) is 5.06 Å². The Morgan fingerprint density at radius 3 is 2.84 bits per heavy atom. The van der Waals surface area contributed by atoms with E-state index < -0.39 is 4.92 Å². The Kier molecular flexibility index (Phi) is 3.96. The van der Waals surface area contributed by atoms with Gasteiger partial charge in [0.25, 0.3) is 5.91 Å². The van der Waals surface area contributed by atoms with Gasteiger partial charge >= 0.3 is 5.69 Å². The molecule has 1 saturated heterocycles. The lowest BCUT2D eigenvalue weighted by atomic mass is 10.1. The molecule has 1 aromatic carbocycles. The minimum atomic E-state index is -0.577. The highest BCUT2D eigenvalue weighted by Crippen LogP contribution is 2.28. The average molecular weight is 266 g/mol. The van der Waals surface area contributed by atoms with E-state index in [9.17, 15) is 14.9 Å². The van der Waals surface area contributed by atoms with Crippen molar-refractivity contribution in [3.63, 3.8) is 0 Å². The average Bonchev–Trinajstić information content (AvgIpc) is 2.46. The van der Waals surface area contributed by atoms with Gasteiger partial charge in [-0.1, -0.05) is 0 Å². The predicted molar refractivity (Wildman–Crippen MR) is 65.9 cm³/mol. The third-order valence-corrected chi connectivity index (χ3v) is 2.85. The molecule has 7 heteroatoms. The number of carbonyl (C=O) groups excluding carboxylic acids is 1. The molecule has 0 N–H and O–H groups in total. The van der Waals surface area contributed by atoms with E-state index >= 15 is 0 Å². The Morgan fingerprint density at radius 2 is 2.26 bits per heavy atom. The predicted octanol–water partition coefficient (Wildman–Crippen LogP) is 1.77. The third kappa shape index (κ3) is 2.82. The second-order valence-corrected chi connectivity index (χ2v) is 4.09. The van der Waals surface area contributed by atoms with Crippen LogP contribution in [0.25, 0.3) is 0 Å². The van der Waals surface area contributed by atoms with Crippen molar-refractivity contribution in [2.24, 2.45) is 0 Å². The van der Waals surface area contributed by atoms with E-state index in [1.165, 1.54) is 30.4 Å². The van der Waals surface area contributed by atoms with Crippen molar-refractivity contribution in [2.75, 3.05) is 20.3 Å². The molecule has 1 amide bonds. The molecule has 0 radical (unpaired) electrons. The van der Waals surface area contributed by atoms with Crippen molar-refractivity contribution in [1.82, 2.24) is 5.06 Å². The van der Waals surface area contributed by atoms with Crippen molar-refractivity contribution in [2.45, 2.75) is 12.8 Å². The van der Waals surface area contributed by atoms with Crippen LogP contribution in [0.2, 0.25) is 0 Å². The molecule has 1 aliphatic heterocycles. The lowest BCUT2D eigenvalue weighted by Gasteiger charge is -2.25. The molecule has 1 aliphatic rings. The number of amides is 1. The number of rotatable bonds is 3. The van der Waals surface area contributed by atoms with Crippen molar-refractivity contribution in [3.8, 4) is 5.75 Å². The molecule has 2 rings (SSSR count). The third-order valence-electron chi connectivity index (χ3n) is 2.85. The quantitative estimate of drug-likeness (QED) is 0.615. The Bertz CT molecular complexity index is 497. The fourth-order valence-electron chi connectivity index (χ4n) is 1.87. The van der Waals surface area contributed by atoms with E-state index in [1.807, 2.05) is 0 Å². The summed E-state index contributed by atoms with van der Waals surface area (Å²) in [6.45, 7) is 0.989. The van der Waals surface area contributed by atoms with Crippen molar-refractivity contribution in [3.05, 3.63) is 33.9 Å². The van der Waals surface area contributed by atoms with Crippen molar-refractivity contribution in [1.29, 1.82) is 0 Å². The molecule has 19 heavy (non-hydrogen) atoms. The van der Waals surface area contributed by atoms with Gasteiger partial charge in [0.1, 0.15) is 0 Å². The lowest BCUT2D eigenvalue weighted by Crippen LogP contribution is -2.35. The topological polar surface area (TPSA) is 81.9 Å². The highest BCUT2D eigenvalue weighted by Gasteiger charge is 2.23. The highest BCUT2D eigenvalue weighted by atomic mass is 16.7. The number of hydroxylamine groups is 2. The molecule has 0 spiro atoms. The molecule has 1 fully saturated rings. The number of carbonyl (C=O) groups is 1. The summed E-state index contributed by atoms with van der Waals surface area (Å²) < 4.78 is 4.89. The summed E-state index contributed by atoms with van der Waals surface area (Å²) in [7, 11) is 1.34. The van der Waals surface area contributed by atoms with Crippen molar-refractivity contribution < 1.29 is 19.3 Å². The smallest absolute Gasteiger partial charge is 0.311 e. The standard InChI is InChI=1S/C12H14N2O5/c1-18-11-5-4-9(8-10(11)14(16)17)12(15)13-6-2-3-7-19-13/h4-5,8H,2-3,6-7H2,1H3. The van der Waals surface area contributed by atoms with E-state index in [0.29, 0.717) is 13.2 Å². The molecule has 0 bridgehead atoms. The minimum Gasteiger partial charge on any atom is -0.490 e. The van der Waals surface area contributed by atoms with E-state index in [4.69, 9.17) is 9.57 Å². The normalized spacial score (nSPS) is 15.1. The summed E-state index contributed by atoms with van der Waals surface area (Å²) in [4.78, 5) is 27.7. The van der Waals surface area contributed by atoms with Crippen LogP contribution < -0.4 is 4.74 Å². The molecule has 0 saturated carbocycles. The first-order chi connectivity index (χ1) is 9.13. The monoisotopic (exact) mass is 266 g/mol. The number of benzene rings is 1. The molecule has 1 aromatic rings. The van der Waals surface area contributed by atoms with Gasteiger partial charge in [-0.05, 0) is 25.0 Å². The number of methoxy groups -OCH3 is 1. The molecule has 0 unspecified atom stereocenters. The lowest BCUT2D eigenvalue weighted by molar-refractivity contribution is -0.385. The van der Waals surface area contributed by atoms with Crippen LogP contribution in [-0.4, -0.2) is 36.2 Å². The van der Waals surface area contributed by atoms with Crippen LogP contribution >= 0.6 is 0 Å². The molecular formula is C12H14N2O5. The Labute approximate surface area is 109 Å². The number of nitrogens with zero attached hydrogens (tertiary/aromatic N) is 2. The summed E-state index contributed by atoms with van der Waals surface area (Å²) in [6.07, 6.45) is 1.77. The van der Waals surface area contributed by atoms with Gasteiger partial charge in [-0.3, -0.25) is 19.7 Å². The summed E-state index contributed by atoms with van der Waals surface area (Å²) >= 11 is 0. The van der Waals surface area contributed by atoms with Crippen LogP contribution in [0.3, 0.4) is 0 Å². The fourth-order valence-corrected chi connectivity index (χ4v) is 1.87. The number of hydrogen-bond donors (Lipinski definition) is 0. The molecule has 102 valence electrons. The van der Waals surface area contributed by atoms with Gasteiger partial charge in [0, 0.05) is 18.2 Å². The first kappa shape index (κ1) is 13.3. The summed E-state index contributed by atoms with van der Waals surface area (Å²) in [5, 5.41) is 12.1. The minimum absolute atomic E-state index is 0.126. The van der Waals surface area contributed by atoms with E-state index in [-0.39, 0.29) is 22.9 Å².